The van der Waals surface area contributed by atoms with Gasteiger partial charge in [-0.05, 0) is 12.8 Å². The third-order valence-electron chi connectivity index (χ3n) is 1.43. The minimum atomic E-state index is 0.0538. The number of hydrogen-bond donors (Lipinski definition) is 0. The van der Waals surface area contributed by atoms with E-state index in [9.17, 15) is 5.11 Å². The number of hydrogen-bond acceptors (Lipinski definition) is 1. The van der Waals surface area contributed by atoms with Crippen LogP contribution in [0.15, 0.2) is 0 Å². The highest BCUT2D eigenvalue weighted by atomic mass is 16.2. The van der Waals surface area contributed by atoms with Crippen molar-refractivity contribution in [2.45, 2.75) is 38.5 Å². The maximum atomic E-state index is 9.97. The van der Waals surface area contributed by atoms with Gasteiger partial charge >= 0.3 is 0 Å². The van der Waals surface area contributed by atoms with E-state index in [1.54, 1.807) is 0 Å². The molecule has 0 fully saturated rings. The minimum absolute atomic E-state index is 0.0538. The van der Waals surface area contributed by atoms with Gasteiger partial charge in [-0.1, -0.05) is 19.3 Å². The van der Waals surface area contributed by atoms with E-state index in [-0.39, 0.29) is 6.61 Å². The second-order valence-corrected chi connectivity index (χ2v) is 2.38. The molecule has 57 valence electrons. The lowest BCUT2D eigenvalue weighted by Gasteiger charge is -1.94. The zero-order valence-electron chi connectivity index (χ0n) is 6.31. The normalized spacial score (nSPS) is 9.20. The predicted octanol–water partition coefficient (Wildman–Crippen LogP) is 2.28. The van der Waals surface area contributed by atoms with Crippen molar-refractivity contribution in [2.24, 2.45) is 0 Å². The molecular formula is C8H14NO. The van der Waals surface area contributed by atoms with E-state index in [1.807, 2.05) is 0 Å². The van der Waals surface area contributed by atoms with Crippen LogP contribution < -0.4 is 0 Å². The number of unbranched alkanes of at least 4 members (excludes halogenated alkanes) is 5. The van der Waals surface area contributed by atoms with Gasteiger partial charge in [-0.3, -0.25) is 0 Å². The van der Waals surface area contributed by atoms with Gasteiger partial charge in [-0.15, -0.1) is 0 Å². The van der Waals surface area contributed by atoms with Crippen LogP contribution in [0.1, 0.15) is 38.5 Å². The summed E-state index contributed by atoms with van der Waals surface area (Å²) in [6.45, 7) is 0.0538. The fraction of sp³-hybridized carbons (Fsp3) is 0.875. The molecule has 0 heterocycles. The van der Waals surface area contributed by atoms with Crippen LogP contribution >= 0.6 is 0 Å². The number of rotatable bonds is 6. The van der Waals surface area contributed by atoms with E-state index in [2.05, 4.69) is 6.07 Å². The molecule has 0 rings (SSSR count). The van der Waals surface area contributed by atoms with Crippen LogP contribution in [-0.2, 0) is 5.11 Å². The van der Waals surface area contributed by atoms with Crippen LogP contribution in [0.2, 0.25) is 0 Å². The molecule has 0 N–H and O–H groups in total. The van der Waals surface area contributed by atoms with Gasteiger partial charge in [0.1, 0.15) is 0 Å². The molecule has 0 saturated carbocycles. The molecule has 0 aliphatic rings. The molecule has 0 bridgehead atoms. The van der Waals surface area contributed by atoms with Crippen molar-refractivity contribution in [3.8, 4) is 6.07 Å². The van der Waals surface area contributed by atoms with Crippen molar-refractivity contribution in [1.29, 1.82) is 5.26 Å². The topological polar surface area (TPSA) is 43.7 Å². The highest BCUT2D eigenvalue weighted by molar-refractivity contribution is 4.67. The second-order valence-electron chi connectivity index (χ2n) is 2.38. The van der Waals surface area contributed by atoms with Crippen LogP contribution in [0.3, 0.4) is 0 Å². The summed E-state index contributed by atoms with van der Waals surface area (Å²) in [7, 11) is 0. The van der Waals surface area contributed by atoms with Crippen molar-refractivity contribution >= 4 is 0 Å². The Bertz CT molecular complexity index is 95.9. The van der Waals surface area contributed by atoms with Gasteiger partial charge in [0.15, 0.2) is 0 Å². The highest BCUT2D eigenvalue weighted by Crippen LogP contribution is 2.03. The Hall–Kier alpha value is -0.550. The zero-order valence-corrected chi connectivity index (χ0v) is 6.31. The molecule has 0 aliphatic heterocycles. The molecule has 0 spiro atoms. The summed E-state index contributed by atoms with van der Waals surface area (Å²) < 4.78 is 0. The summed E-state index contributed by atoms with van der Waals surface area (Å²) in [5, 5.41) is 18.1. The lowest BCUT2D eigenvalue weighted by molar-refractivity contribution is 0.186. The fourth-order valence-electron chi connectivity index (χ4n) is 0.836. The first-order valence-corrected chi connectivity index (χ1v) is 3.87. The van der Waals surface area contributed by atoms with Gasteiger partial charge in [0.25, 0.3) is 0 Å². The van der Waals surface area contributed by atoms with Crippen LogP contribution in [0.25, 0.3) is 0 Å². The van der Waals surface area contributed by atoms with Crippen LogP contribution in [-0.4, -0.2) is 6.61 Å². The molecule has 0 aromatic heterocycles. The minimum Gasteiger partial charge on any atom is -0.237 e. The summed E-state index contributed by atoms with van der Waals surface area (Å²) in [6.07, 6.45) is 5.71. The van der Waals surface area contributed by atoms with Crippen LogP contribution in [0, 0.1) is 11.3 Å². The van der Waals surface area contributed by atoms with Gasteiger partial charge in [0.2, 0.25) is 0 Å². The number of nitriles is 1. The molecule has 2 nitrogen and oxygen atoms in total. The average molecular weight is 140 g/mol. The fourth-order valence-corrected chi connectivity index (χ4v) is 0.836. The average Bonchev–Trinajstić information content (AvgIpc) is 1.97. The van der Waals surface area contributed by atoms with Crippen molar-refractivity contribution in [2.75, 3.05) is 6.61 Å². The van der Waals surface area contributed by atoms with Crippen molar-refractivity contribution in [3.63, 3.8) is 0 Å². The molecule has 0 saturated heterocycles. The molecule has 10 heavy (non-hydrogen) atoms. The van der Waals surface area contributed by atoms with Crippen molar-refractivity contribution in [3.05, 3.63) is 0 Å². The molecule has 1 radical (unpaired) electrons. The van der Waals surface area contributed by atoms with Gasteiger partial charge in [-0.2, -0.15) is 5.26 Å². The van der Waals surface area contributed by atoms with Crippen LogP contribution in [0.4, 0.5) is 0 Å². The summed E-state index contributed by atoms with van der Waals surface area (Å²) in [4.78, 5) is 0. The van der Waals surface area contributed by atoms with E-state index in [0.29, 0.717) is 6.42 Å². The Labute approximate surface area is 62.5 Å². The summed E-state index contributed by atoms with van der Waals surface area (Å²) >= 11 is 0. The van der Waals surface area contributed by atoms with Gasteiger partial charge in [0.05, 0.1) is 12.7 Å². The van der Waals surface area contributed by atoms with E-state index in [0.717, 1.165) is 32.1 Å². The first-order valence-electron chi connectivity index (χ1n) is 3.87. The Morgan fingerprint density at radius 2 is 1.60 bits per heavy atom. The zero-order chi connectivity index (χ0) is 7.66. The Morgan fingerprint density at radius 3 is 2.20 bits per heavy atom. The summed E-state index contributed by atoms with van der Waals surface area (Å²) in [5.74, 6) is 0. The largest absolute Gasteiger partial charge is 0.237 e. The molecule has 0 aromatic carbocycles. The quantitative estimate of drug-likeness (QED) is 0.522. The SMILES string of the molecule is N#CCCCCCCC[O]. The molecule has 0 amide bonds. The van der Waals surface area contributed by atoms with Gasteiger partial charge < -0.3 is 0 Å². The van der Waals surface area contributed by atoms with Gasteiger partial charge in [0, 0.05) is 6.42 Å². The second kappa shape index (κ2) is 8.45. The molecule has 0 atom stereocenters. The van der Waals surface area contributed by atoms with Crippen molar-refractivity contribution < 1.29 is 5.11 Å². The smallest absolute Gasteiger partial charge is 0.0822 e. The monoisotopic (exact) mass is 140 g/mol. The first-order chi connectivity index (χ1) is 4.91. The standard InChI is InChI=1S/C8H14NO/c9-7-5-3-1-2-4-6-8-10/h1-6,8H2. The Kier molecular flexibility index (Phi) is 7.99. The third kappa shape index (κ3) is 7.45. The molecule has 0 aromatic rings. The molecule has 2 heteroatoms. The maximum Gasteiger partial charge on any atom is 0.0822 e. The molecule has 0 unspecified atom stereocenters. The van der Waals surface area contributed by atoms with Crippen molar-refractivity contribution in [1.82, 2.24) is 0 Å². The number of nitrogens with zero attached hydrogens (tertiary/aromatic N) is 1. The van der Waals surface area contributed by atoms with E-state index >= 15 is 0 Å². The Morgan fingerprint density at radius 1 is 1.00 bits per heavy atom. The molecular weight excluding hydrogens is 126 g/mol. The van der Waals surface area contributed by atoms with E-state index in [4.69, 9.17) is 5.26 Å². The van der Waals surface area contributed by atoms with Crippen LogP contribution in [0.5, 0.6) is 0 Å². The van der Waals surface area contributed by atoms with E-state index < -0.39 is 0 Å². The summed E-state index contributed by atoms with van der Waals surface area (Å²) in [5.41, 5.74) is 0. The Balaban J connectivity index is 2.72. The molecule has 0 aliphatic carbocycles. The third-order valence-corrected chi connectivity index (χ3v) is 1.43. The summed E-state index contributed by atoms with van der Waals surface area (Å²) in [6, 6.07) is 2.10. The van der Waals surface area contributed by atoms with E-state index in [1.165, 1.54) is 0 Å². The maximum absolute atomic E-state index is 9.97. The van der Waals surface area contributed by atoms with Gasteiger partial charge in [-0.25, -0.2) is 5.11 Å². The lowest BCUT2D eigenvalue weighted by Crippen LogP contribution is -1.81. The predicted molar refractivity (Wildman–Crippen MR) is 38.9 cm³/mol. The lowest BCUT2D eigenvalue weighted by atomic mass is 10.1. The first kappa shape index (κ1) is 9.45. The highest BCUT2D eigenvalue weighted by Gasteiger charge is 1.88.